The first-order chi connectivity index (χ1) is 15.9. The number of alkyl carbamates (subject to hydrolysis) is 1. The van der Waals surface area contributed by atoms with E-state index < -0.39 is 18.1 Å². The van der Waals surface area contributed by atoms with Gasteiger partial charge in [0.25, 0.3) is 0 Å². The zero-order valence-corrected chi connectivity index (χ0v) is 18.7. The molecule has 33 heavy (non-hydrogen) atoms. The summed E-state index contributed by atoms with van der Waals surface area (Å²) in [7, 11) is 0. The predicted octanol–water partition coefficient (Wildman–Crippen LogP) is 5.01. The smallest absolute Gasteiger partial charge is 0.407 e. The lowest BCUT2D eigenvalue weighted by atomic mass is 9.98. The molecule has 3 aromatic carbocycles. The van der Waals surface area contributed by atoms with Crippen LogP contribution >= 0.6 is 0 Å². The zero-order valence-electron chi connectivity index (χ0n) is 18.7. The molecule has 4 rings (SSSR count). The van der Waals surface area contributed by atoms with Crippen LogP contribution in [0.25, 0.3) is 11.1 Å². The van der Waals surface area contributed by atoms with Crippen LogP contribution in [0.15, 0.2) is 72.8 Å². The van der Waals surface area contributed by atoms with Gasteiger partial charge in [-0.05, 0) is 53.8 Å². The highest BCUT2D eigenvalue weighted by atomic mass is 16.5. The maximum Gasteiger partial charge on any atom is 0.407 e. The summed E-state index contributed by atoms with van der Waals surface area (Å²) in [6.45, 7) is 4.01. The number of nitrogens with one attached hydrogen (secondary N) is 1. The number of carbonyl (C=O) groups is 2. The maximum atomic E-state index is 12.5. The van der Waals surface area contributed by atoms with Crippen LogP contribution in [0.5, 0.6) is 5.75 Å². The van der Waals surface area contributed by atoms with E-state index in [0.717, 1.165) is 27.8 Å². The molecule has 1 aliphatic rings. The van der Waals surface area contributed by atoms with Crippen molar-refractivity contribution in [3.05, 3.63) is 89.5 Å². The molecule has 2 N–H and O–H groups in total. The van der Waals surface area contributed by atoms with Gasteiger partial charge < -0.3 is 19.9 Å². The molecule has 0 heterocycles. The molecule has 170 valence electrons. The van der Waals surface area contributed by atoms with Crippen molar-refractivity contribution in [2.75, 3.05) is 6.61 Å². The topological polar surface area (TPSA) is 84.9 Å². The Balaban J connectivity index is 1.39. The summed E-state index contributed by atoms with van der Waals surface area (Å²) in [5.41, 5.74) is 5.25. The fraction of sp³-hybridized carbons (Fsp3) is 0.259. The van der Waals surface area contributed by atoms with Crippen LogP contribution in [0.1, 0.15) is 36.5 Å². The third-order valence-corrected chi connectivity index (χ3v) is 5.67. The van der Waals surface area contributed by atoms with Gasteiger partial charge in [0.1, 0.15) is 18.4 Å². The molecule has 0 spiro atoms. The van der Waals surface area contributed by atoms with E-state index in [1.54, 1.807) is 24.3 Å². The van der Waals surface area contributed by atoms with E-state index in [1.165, 1.54) is 0 Å². The van der Waals surface area contributed by atoms with Gasteiger partial charge in [-0.3, -0.25) is 0 Å². The molecule has 0 aromatic heterocycles. The van der Waals surface area contributed by atoms with Crippen LogP contribution in [0.2, 0.25) is 0 Å². The lowest BCUT2D eigenvalue weighted by Gasteiger charge is -2.18. The molecule has 0 saturated carbocycles. The highest BCUT2D eigenvalue weighted by Crippen LogP contribution is 2.44. The minimum Gasteiger partial charge on any atom is -0.491 e. The van der Waals surface area contributed by atoms with Gasteiger partial charge in [-0.15, -0.1) is 0 Å². The van der Waals surface area contributed by atoms with Gasteiger partial charge in [-0.1, -0.05) is 60.7 Å². The van der Waals surface area contributed by atoms with Crippen LogP contribution in [0.4, 0.5) is 4.79 Å². The fourth-order valence-electron chi connectivity index (χ4n) is 4.19. The first-order valence-corrected chi connectivity index (χ1v) is 11.0. The molecular formula is C27H27NO5. The molecule has 1 amide bonds. The van der Waals surface area contributed by atoms with Crippen molar-refractivity contribution in [2.45, 2.75) is 38.3 Å². The number of carboxylic acids is 1. The van der Waals surface area contributed by atoms with Crippen molar-refractivity contribution >= 4 is 12.1 Å². The van der Waals surface area contributed by atoms with E-state index in [-0.39, 0.29) is 25.0 Å². The second-order valence-electron chi connectivity index (χ2n) is 8.38. The number of rotatable bonds is 8. The number of hydrogen-bond donors (Lipinski definition) is 2. The summed E-state index contributed by atoms with van der Waals surface area (Å²) in [5, 5.41) is 12.1. The highest BCUT2D eigenvalue weighted by molar-refractivity contribution is 5.81. The molecule has 0 fully saturated rings. The van der Waals surface area contributed by atoms with Gasteiger partial charge in [0.05, 0.1) is 6.10 Å². The summed E-state index contributed by atoms with van der Waals surface area (Å²) in [6.07, 6.45) is -0.552. The van der Waals surface area contributed by atoms with Gasteiger partial charge in [0, 0.05) is 12.3 Å². The molecule has 1 atom stereocenters. The van der Waals surface area contributed by atoms with E-state index in [9.17, 15) is 14.7 Å². The molecule has 0 radical (unpaired) electrons. The first-order valence-electron chi connectivity index (χ1n) is 11.0. The lowest BCUT2D eigenvalue weighted by Crippen LogP contribution is -2.42. The number of fused-ring (bicyclic) bond motifs is 3. The molecule has 0 aliphatic heterocycles. The molecule has 0 saturated heterocycles. The van der Waals surface area contributed by atoms with Crippen LogP contribution in [-0.4, -0.2) is 35.9 Å². The van der Waals surface area contributed by atoms with Crippen LogP contribution in [0, 0.1) is 0 Å². The van der Waals surface area contributed by atoms with E-state index >= 15 is 0 Å². The number of hydrogen-bond acceptors (Lipinski definition) is 4. The molecule has 6 nitrogen and oxygen atoms in total. The Morgan fingerprint density at radius 2 is 1.48 bits per heavy atom. The minimum atomic E-state index is -1.12. The van der Waals surface area contributed by atoms with Crippen molar-refractivity contribution in [1.82, 2.24) is 5.32 Å². The average Bonchev–Trinajstić information content (AvgIpc) is 3.12. The van der Waals surface area contributed by atoms with Crippen molar-refractivity contribution in [3.8, 4) is 16.9 Å². The summed E-state index contributed by atoms with van der Waals surface area (Å²) >= 11 is 0. The van der Waals surface area contributed by atoms with Crippen molar-refractivity contribution in [2.24, 2.45) is 0 Å². The third kappa shape index (κ3) is 5.17. The highest BCUT2D eigenvalue weighted by Gasteiger charge is 2.29. The normalized spacial score (nSPS) is 13.2. The zero-order chi connectivity index (χ0) is 23.4. The number of carbonyl (C=O) groups excluding carboxylic acids is 1. The fourth-order valence-corrected chi connectivity index (χ4v) is 4.19. The molecule has 0 bridgehead atoms. The van der Waals surface area contributed by atoms with E-state index in [2.05, 4.69) is 17.4 Å². The van der Waals surface area contributed by atoms with Crippen LogP contribution in [-0.2, 0) is 16.0 Å². The maximum absolute atomic E-state index is 12.5. The molecule has 1 aliphatic carbocycles. The van der Waals surface area contributed by atoms with Crippen molar-refractivity contribution in [1.29, 1.82) is 0 Å². The van der Waals surface area contributed by atoms with Gasteiger partial charge in [-0.25, -0.2) is 9.59 Å². The monoisotopic (exact) mass is 445 g/mol. The molecular weight excluding hydrogens is 418 g/mol. The Kier molecular flexibility index (Phi) is 6.63. The predicted molar refractivity (Wildman–Crippen MR) is 126 cm³/mol. The number of amides is 1. The van der Waals surface area contributed by atoms with Gasteiger partial charge in [-0.2, -0.15) is 0 Å². The van der Waals surface area contributed by atoms with E-state index in [0.29, 0.717) is 5.75 Å². The van der Waals surface area contributed by atoms with Crippen molar-refractivity contribution < 1.29 is 24.2 Å². The molecule has 6 heteroatoms. The first kappa shape index (κ1) is 22.4. The standard InChI is InChI=1S/C27H27NO5/c1-17(2)33-19-13-11-18(12-14-19)15-25(26(29)30)28-27(31)32-16-24-22-9-5-3-7-20(22)21-8-4-6-10-23(21)24/h3-14,17,24-25H,15-16H2,1-2H3,(H,28,31)(H,29,30). The van der Waals surface area contributed by atoms with Crippen LogP contribution in [0.3, 0.4) is 0 Å². The van der Waals surface area contributed by atoms with E-state index in [1.807, 2.05) is 50.2 Å². The number of benzene rings is 3. The Bertz CT molecular complexity index is 1090. The average molecular weight is 446 g/mol. The Morgan fingerprint density at radius 1 is 0.909 bits per heavy atom. The lowest BCUT2D eigenvalue weighted by molar-refractivity contribution is -0.139. The number of ether oxygens (including phenoxy) is 2. The summed E-state index contributed by atoms with van der Waals surface area (Å²) in [4.78, 5) is 24.2. The minimum absolute atomic E-state index is 0.0536. The number of carboxylic acid groups (broad SMARTS) is 1. The summed E-state index contributed by atoms with van der Waals surface area (Å²) in [6, 6.07) is 22.2. The Morgan fingerprint density at radius 3 is 2.03 bits per heavy atom. The second-order valence-corrected chi connectivity index (χ2v) is 8.38. The van der Waals surface area contributed by atoms with Crippen molar-refractivity contribution in [3.63, 3.8) is 0 Å². The summed E-state index contributed by atoms with van der Waals surface area (Å²) in [5.74, 6) is -0.490. The Hall–Kier alpha value is -3.80. The van der Waals surface area contributed by atoms with Gasteiger partial charge in [0.15, 0.2) is 0 Å². The number of aliphatic carboxylic acids is 1. The Labute approximate surface area is 193 Å². The molecule has 3 aromatic rings. The second kappa shape index (κ2) is 9.77. The SMILES string of the molecule is CC(C)Oc1ccc(CC(NC(=O)OCC2c3ccccc3-c3ccccc32)C(=O)O)cc1. The van der Waals surface area contributed by atoms with E-state index in [4.69, 9.17) is 9.47 Å². The van der Waals surface area contributed by atoms with Crippen LogP contribution < -0.4 is 10.1 Å². The quantitative estimate of drug-likeness (QED) is 0.509. The van der Waals surface area contributed by atoms with Gasteiger partial charge >= 0.3 is 12.1 Å². The summed E-state index contributed by atoms with van der Waals surface area (Å²) < 4.78 is 11.1. The van der Waals surface area contributed by atoms with Gasteiger partial charge in [0.2, 0.25) is 0 Å². The molecule has 1 unspecified atom stereocenters. The largest absolute Gasteiger partial charge is 0.491 e. The third-order valence-electron chi connectivity index (χ3n) is 5.67.